The van der Waals surface area contributed by atoms with Crippen LogP contribution in [0.3, 0.4) is 0 Å². The van der Waals surface area contributed by atoms with E-state index in [1.807, 2.05) is 20.8 Å². The summed E-state index contributed by atoms with van der Waals surface area (Å²) in [4.78, 5) is 35.6. The molecule has 2 aliphatic rings. The van der Waals surface area contributed by atoms with Crippen LogP contribution in [-0.2, 0) is 14.6 Å². The summed E-state index contributed by atoms with van der Waals surface area (Å²) in [5.41, 5.74) is 3.67. The molecule has 4 rings (SSSR count). The second kappa shape index (κ2) is 9.58. The molecule has 2 aliphatic heterocycles. The highest BCUT2D eigenvalue weighted by Crippen LogP contribution is 2.31. The molecule has 0 unspecified atom stereocenters. The Kier molecular flexibility index (Phi) is 6.88. The molecule has 1 aromatic carbocycles. The smallest absolute Gasteiger partial charge is 0.255 e. The molecule has 2 saturated heterocycles. The third-order valence-corrected chi connectivity index (χ3v) is 8.04. The van der Waals surface area contributed by atoms with Gasteiger partial charge in [-0.1, -0.05) is 6.07 Å². The fraction of sp³-hybridized carbons (Fsp3) is 0.480. The van der Waals surface area contributed by atoms with Crippen LogP contribution in [0.15, 0.2) is 29.2 Å². The number of nitrogens with zero attached hydrogens (tertiary/aromatic N) is 4. The Labute approximate surface area is 206 Å². The first-order valence-corrected chi connectivity index (χ1v) is 13.7. The highest BCUT2D eigenvalue weighted by molar-refractivity contribution is 7.90. The van der Waals surface area contributed by atoms with Gasteiger partial charge in [-0.25, -0.2) is 13.4 Å². The van der Waals surface area contributed by atoms with E-state index in [0.29, 0.717) is 44.7 Å². The van der Waals surface area contributed by atoms with Gasteiger partial charge in [0.1, 0.15) is 5.82 Å². The average molecular weight is 501 g/mol. The molecule has 0 bridgehead atoms. The summed E-state index contributed by atoms with van der Waals surface area (Å²) in [7, 11) is -3.75. The van der Waals surface area contributed by atoms with Gasteiger partial charge in [0, 0.05) is 50.2 Å². The molecule has 0 aliphatic carbocycles. The van der Waals surface area contributed by atoms with Gasteiger partial charge in [0.2, 0.25) is 5.91 Å². The number of aliphatic hydroxyl groups is 1. The normalized spacial score (nSPS) is 18.9. The summed E-state index contributed by atoms with van der Waals surface area (Å²) >= 11 is 0. The molecule has 188 valence electrons. The molecule has 35 heavy (non-hydrogen) atoms. The number of carbonyl (C=O) groups excluding carboxylic acids is 2. The number of aliphatic hydroxyl groups excluding tert-OH is 1. The average Bonchev–Trinajstić information content (AvgIpc) is 3.20. The highest BCUT2D eigenvalue weighted by Gasteiger charge is 2.34. The predicted molar refractivity (Wildman–Crippen MR) is 134 cm³/mol. The Hall–Kier alpha value is -2.98. The maximum absolute atomic E-state index is 13.4. The van der Waals surface area contributed by atoms with Crippen LogP contribution in [0.2, 0.25) is 0 Å². The number of carbonyl (C=O) groups is 2. The van der Waals surface area contributed by atoms with E-state index in [9.17, 15) is 23.1 Å². The van der Waals surface area contributed by atoms with Crippen molar-refractivity contribution in [1.29, 1.82) is 0 Å². The van der Waals surface area contributed by atoms with Gasteiger partial charge in [-0.15, -0.1) is 0 Å². The highest BCUT2D eigenvalue weighted by atomic mass is 32.2. The van der Waals surface area contributed by atoms with E-state index < -0.39 is 15.9 Å². The number of pyridine rings is 1. The second-order valence-corrected chi connectivity index (χ2v) is 11.4. The number of sulfone groups is 1. The molecule has 9 nitrogen and oxygen atoms in total. The van der Waals surface area contributed by atoms with Crippen molar-refractivity contribution in [2.24, 2.45) is 0 Å². The maximum atomic E-state index is 13.4. The molecular formula is C25H32N4O5S. The minimum absolute atomic E-state index is 0.0948. The Bertz CT molecular complexity index is 1270. The molecule has 0 radical (unpaired) electrons. The summed E-state index contributed by atoms with van der Waals surface area (Å²) in [6.45, 7) is 7.89. The fourth-order valence-electron chi connectivity index (χ4n) is 4.86. The molecule has 10 heteroatoms. The SMILES string of the molecule is Cc1cc(C)c(N2CCN(C(=O)c3ccc(N4C(=O)CC[C@H]4CO)cc3S(C)(=O)=O)CC2)nc1C. The summed E-state index contributed by atoms with van der Waals surface area (Å²) in [6, 6.07) is 6.17. The third-order valence-electron chi connectivity index (χ3n) is 6.91. The van der Waals surface area contributed by atoms with E-state index in [0.717, 1.165) is 28.9 Å². The van der Waals surface area contributed by atoms with Gasteiger partial charge in [0.05, 0.1) is 23.1 Å². The van der Waals surface area contributed by atoms with Gasteiger partial charge in [0.25, 0.3) is 5.91 Å². The van der Waals surface area contributed by atoms with E-state index in [1.54, 1.807) is 11.0 Å². The quantitative estimate of drug-likeness (QED) is 0.667. The number of aryl methyl sites for hydroxylation is 3. The van der Waals surface area contributed by atoms with Crippen molar-refractivity contribution in [2.75, 3.05) is 48.8 Å². The fourth-order valence-corrected chi connectivity index (χ4v) is 5.75. The van der Waals surface area contributed by atoms with Gasteiger partial charge < -0.3 is 19.8 Å². The Morgan fingerprint density at radius 1 is 1.09 bits per heavy atom. The number of rotatable bonds is 5. The van der Waals surface area contributed by atoms with Crippen LogP contribution in [0.1, 0.15) is 40.0 Å². The minimum atomic E-state index is -3.75. The van der Waals surface area contributed by atoms with Crippen LogP contribution in [0.5, 0.6) is 0 Å². The molecule has 2 fully saturated rings. The Balaban J connectivity index is 1.57. The van der Waals surface area contributed by atoms with E-state index >= 15 is 0 Å². The van der Waals surface area contributed by atoms with E-state index in [-0.39, 0.29) is 28.9 Å². The van der Waals surface area contributed by atoms with Gasteiger partial charge in [-0.2, -0.15) is 0 Å². The summed E-state index contributed by atoms with van der Waals surface area (Å²) in [5.74, 6) is 0.386. The van der Waals surface area contributed by atoms with Crippen LogP contribution < -0.4 is 9.80 Å². The monoisotopic (exact) mass is 500 g/mol. The molecule has 1 atom stereocenters. The molecule has 1 aromatic heterocycles. The summed E-state index contributed by atoms with van der Waals surface area (Å²) in [5, 5.41) is 9.63. The molecule has 0 spiro atoms. The van der Waals surface area contributed by atoms with Crippen molar-refractivity contribution < 1.29 is 23.1 Å². The Morgan fingerprint density at radius 2 is 1.77 bits per heavy atom. The van der Waals surface area contributed by atoms with Crippen LogP contribution in [0, 0.1) is 20.8 Å². The second-order valence-electron chi connectivity index (χ2n) is 9.40. The Morgan fingerprint density at radius 3 is 2.40 bits per heavy atom. The number of amides is 2. The number of benzene rings is 1. The van der Waals surface area contributed by atoms with Crippen molar-refractivity contribution in [1.82, 2.24) is 9.88 Å². The zero-order valence-electron chi connectivity index (χ0n) is 20.6. The molecule has 2 aromatic rings. The topological polar surface area (TPSA) is 111 Å². The summed E-state index contributed by atoms with van der Waals surface area (Å²) in [6.07, 6.45) is 1.85. The number of piperazine rings is 1. The van der Waals surface area contributed by atoms with E-state index in [2.05, 4.69) is 11.0 Å². The van der Waals surface area contributed by atoms with Crippen LogP contribution in [-0.4, -0.2) is 80.3 Å². The lowest BCUT2D eigenvalue weighted by Crippen LogP contribution is -2.49. The van der Waals surface area contributed by atoms with Crippen molar-refractivity contribution >= 4 is 33.2 Å². The van der Waals surface area contributed by atoms with Crippen molar-refractivity contribution in [3.63, 3.8) is 0 Å². The first kappa shape index (κ1) is 25.1. The van der Waals surface area contributed by atoms with Crippen molar-refractivity contribution in [3.8, 4) is 0 Å². The van der Waals surface area contributed by atoms with Gasteiger partial charge in [0.15, 0.2) is 9.84 Å². The maximum Gasteiger partial charge on any atom is 0.255 e. The molecular weight excluding hydrogens is 468 g/mol. The van der Waals surface area contributed by atoms with Gasteiger partial charge >= 0.3 is 0 Å². The van der Waals surface area contributed by atoms with Gasteiger partial charge in [-0.3, -0.25) is 9.59 Å². The molecule has 2 amide bonds. The first-order chi connectivity index (χ1) is 16.5. The van der Waals surface area contributed by atoms with E-state index in [1.165, 1.54) is 17.0 Å². The largest absolute Gasteiger partial charge is 0.394 e. The van der Waals surface area contributed by atoms with Crippen molar-refractivity contribution in [2.45, 2.75) is 44.6 Å². The predicted octanol–water partition coefficient (Wildman–Crippen LogP) is 1.86. The summed E-state index contributed by atoms with van der Waals surface area (Å²) < 4.78 is 25.3. The number of anilines is 2. The molecule has 3 heterocycles. The van der Waals surface area contributed by atoms with Crippen LogP contribution in [0.25, 0.3) is 0 Å². The minimum Gasteiger partial charge on any atom is -0.394 e. The molecule has 0 saturated carbocycles. The first-order valence-electron chi connectivity index (χ1n) is 11.8. The number of hydrogen-bond donors (Lipinski definition) is 1. The lowest BCUT2D eigenvalue weighted by atomic mass is 10.1. The standard InChI is InChI=1S/C25H32N4O5S/c1-16-13-17(2)24(26-18(16)3)27-9-11-28(12-10-27)25(32)21-7-5-19(14-22(21)35(4,33)34)29-20(15-30)6-8-23(29)31/h5,7,13-14,20,30H,6,8-12,15H2,1-4H3/t20-/m0/s1. The number of hydrogen-bond acceptors (Lipinski definition) is 7. The van der Waals surface area contributed by atoms with Crippen LogP contribution >= 0.6 is 0 Å². The zero-order valence-corrected chi connectivity index (χ0v) is 21.4. The van der Waals surface area contributed by atoms with Crippen LogP contribution in [0.4, 0.5) is 11.5 Å². The van der Waals surface area contributed by atoms with E-state index in [4.69, 9.17) is 4.98 Å². The zero-order chi connectivity index (χ0) is 25.5. The molecule has 1 N–H and O–H groups in total. The van der Waals surface area contributed by atoms with Crippen molar-refractivity contribution in [3.05, 3.63) is 46.6 Å². The number of aromatic nitrogens is 1. The third kappa shape index (κ3) is 4.90. The lowest BCUT2D eigenvalue weighted by molar-refractivity contribution is -0.117. The van der Waals surface area contributed by atoms with Gasteiger partial charge in [-0.05, 0) is 56.5 Å². The lowest BCUT2D eigenvalue weighted by Gasteiger charge is -2.36.